The van der Waals surface area contributed by atoms with Crippen LogP contribution in [0, 0.1) is 13.8 Å². The number of rotatable bonds is 11. The molecule has 0 saturated heterocycles. The van der Waals surface area contributed by atoms with Crippen LogP contribution in [0.15, 0.2) is 46.9 Å². The van der Waals surface area contributed by atoms with Crippen LogP contribution in [0.4, 0.5) is 0 Å². The molecule has 2 amide bonds. The summed E-state index contributed by atoms with van der Waals surface area (Å²) in [6, 6.07) is 13.0. The van der Waals surface area contributed by atoms with Crippen molar-refractivity contribution in [1.82, 2.24) is 10.2 Å². The van der Waals surface area contributed by atoms with Gasteiger partial charge >= 0.3 is 0 Å². The van der Waals surface area contributed by atoms with Gasteiger partial charge in [0.05, 0.1) is 0 Å². The summed E-state index contributed by atoms with van der Waals surface area (Å²) in [5.74, 6) is 0.309. The summed E-state index contributed by atoms with van der Waals surface area (Å²) in [5.41, 5.74) is 3.14. The third-order valence-electron chi connectivity index (χ3n) is 5.31. The molecule has 0 aliphatic rings. The van der Waals surface area contributed by atoms with Crippen molar-refractivity contribution in [1.29, 1.82) is 0 Å². The number of unbranched alkanes of at least 4 members (excludes halogenated alkanes) is 1. The molecule has 0 bridgehead atoms. The number of hydrogen-bond acceptors (Lipinski definition) is 3. The van der Waals surface area contributed by atoms with E-state index >= 15 is 0 Å². The molecule has 0 saturated carbocycles. The van der Waals surface area contributed by atoms with Crippen LogP contribution in [-0.2, 0) is 16.1 Å². The second-order valence-electron chi connectivity index (χ2n) is 7.72. The lowest BCUT2D eigenvalue weighted by molar-refractivity contribution is -0.143. The molecule has 0 fully saturated rings. The fraction of sp³-hybridized carbons (Fsp3) is 0.440. The molecular formula is C25H33BrN2O3. The minimum atomic E-state index is -0.542. The molecule has 0 aliphatic heterocycles. The number of ether oxygens (including phenoxy) is 1. The molecule has 2 aromatic carbocycles. The highest BCUT2D eigenvalue weighted by Crippen LogP contribution is 2.22. The van der Waals surface area contributed by atoms with Gasteiger partial charge in [-0.25, -0.2) is 0 Å². The molecule has 0 spiro atoms. The Bertz CT molecular complexity index is 885. The van der Waals surface area contributed by atoms with Gasteiger partial charge in [0.1, 0.15) is 11.8 Å². The van der Waals surface area contributed by atoms with E-state index in [9.17, 15) is 9.59 Å². The van der Waals surface area contributed by atoms with Crippen LogP contribution in [0.1, 0.15) is 49.8 Å². The molecule has 1 N–H and O–H groups in total. The summed E-state index contributed by atoms with van der Waals surface area (Å²) in [4.78, 5) is 27.8. The molecule has 31 heavy (non-hydrogen) atoms. The van der Waals surface area contributed by atoms with Crippen LogP contribution in [0.5, 0.6) is 5.75 Å². The predicted octanol–water partition coefficient (Wildman–Crippen LogP) is 5.17. The lowest BCUT2D eigenvalue weighted by atomic mass is 10.1. The summed E-state index contributed by atoms with van der Waals surface area (Å²) < 4.78 is 6.77. The molecule has 0 unspecified atom stereocenters. The Morgan fingerprint density at radius 2 is 1.84 bits per heavy atom. The van der Waals surface area contributed by atoms with Crippen LogP contribution >= 0.6 is 15.9 Å². The third-order valence-corrected chi connectivity index (χ3v) is 6.20. The van der Waals surface area contributed by atoms with Crippen molar-refractivity contribution >= 4 is 27.7 Å². The predicted molar refractivity (Wildman–Crippen MR) is 128 cm³/mol. The summed E-state index contributed by atoms with van der Waals surface area (Å²) in [7, 11) is 0. The molecule has 2 aromatic rings. The Kier molecular flexibility index (Phi) is 10.0. The molecule has 5 nitrogen and oxygen atoms in total. The average molecular weight is 489 g/mol. The third kappa shape index (κ3) is 7.39. The molecule has 6 heteroatoms. The Labute approximate surface area is 194 Å². The Morgan fingerprint density at radius 1 is 1.10 bits per heavy atom. The first-order chi connectivity index (χ1) is 14.9. The van der Waals surface area contributed by atoms with Crippen LogP contribution < -0.4 is 10.1 Å². The Hall–Kier alpha value is -2.34. The van der Waals surface area contributed by atoms with Gasteiger partial charge < -0.3 is 15.0 Å². The van der Waals surface area contributed by atoms with E-state index in [1.807, 2.05) is 63.2 Å². The van der Waals surface area contributed by atoms with Crippen molar-refractivity contribution in [2.45, 2.75) is 59.5 Å². The summed E-state index contributed by atoms with van der Waals surface area (Å²) >= 11 is 3.47. The maximum atomic E-state index is 13.2. The highest BCUT2D eigenvalue weighted by Gasteiger charge is 2.29. The van der Waals surface area contributed by atoms with Crippen molar-refractivity contribution in [3.8, 4) is 5.75 Å². The van der Waals surface area contributed by atoms with E-state index in [1.54, 1.807) is 4.90 Å². The molecule has 0 heterocycles. The van der Waals surface area contributed by atoms with E-state index in [-0.39, 0.29) is 18.4 Å². The van der Waals surface area contributed by atoms with Crippen molar-refractivity contribution in [3.63, 3.8) is 0 Å². The fourth-order valence-corrected chi connectivity index (χ4v) is 3.58. The zero-order valence-electron chi connectivity index (χ0n) is 18.9. The minimum absolute atomic E-state index is 0.114. The number of carbonyl (C=O) groups excluding carboxylic acids is 2. The molecule has 1 atom stereocenters. The largest absolute Gasteiger partial charge is 0.484 e. The van der Waals surface area contributed by atoms with Crippen LogP contribution in [0.25, 0.3) is 0 Å². The van der Waals surface area contributed by atoms with Gasteiger partial charge in [-0.05, 0) is 61.6 Å². The van der Waals surface area contributed by atoms with Crippen LogP contribution in [0.3, 0.4) is 0 Å². The van der Waals surface area contributed by atoms with Gasteiger partial charge in [0.2, 0.25) is 5.91 Å². The van der Waals surface area contributed by atoms with Crippen molar-refractivity contribution in [3.05, 3.63) is 63.6 Å². The Morgan fingerprint density at radius 3 is 2.48 bits per heavy atom. The smallest absolute Gasteiger partial charge is 0.261 e. The number of nitrogens with one attached hydrogen (secondary N) is 1. The van der Waals surface area contributed by atoms with Gasteiger partial charge in [-0.2, -0.15) is 0 Å². The van der Waals surface area contributed by atoms with Gasteiger partial charge in [-0.3, -0.25) is 9.59 Å². The monoisotopic (exact) mass is 488 g/mol. The quantitative estimate of drug-likeness (QED) is 0.443. The van der Waals surface area contributed by atoms with E-state index in [0.29, 0.717) is 25.3 Å². The number of aryl methyl sites for hydroxylation is 2. The van der Waals surface area contributed by atoms with Crippen LogP contribution in [0.2, 0.25) is 0 Å². The lowest BCUT2D eigenvalue weighted by Gasteiger charge is -2.31. The number of nitrogens with zero attached hydrogens (tertiary/aromatic N) is 1. The van der Waals surface area contributed by atoms with Gasteiger partial charge in [-0.1, -0.05) is 60.5 Å². The molecule has 0 aliphatic carbocycles. The van der Waals surface area contributed by atoms with Crippen molar-refractivity contribution < 1.29 is 14.3 Å². The van der Waals surface area contributed by atoms with E-state index in [0.717, 1.165) is 34.0 Å². The zero-order valence-corrected chi connectivity index (χ0v) is 20.5. The van der Waals surface area contributed by atoms with Gasteiger partial charge in [0.25, 0.3) is 5.91 Å². The highest BCUT2D eigenvalue weighted by atomic mass is 79.9. The van der Waals surface area contributed by atoms with Crippen molar-refractivity contribution in [2.24, 2.45) is 0 Å². The number of hydrogen-bond donors (Lipinski definition) is 1. The maximum absolute atomic E-state index is 13.2. The molecule has 2 rings (SSSR count). The van der Waals surface area contributed by atoms with Crippen LogP contribution in [-0.4, -0.2) is 35.9 Å². The number of benzene rings is 2. The maximum Gasteiger partial charge on any atom is 0.261 e. The normalized spacial score (nSPS) is 11.6. The van der Waals surface area contributed by atoms with E-state index in [1.165, 1.54) is 0 Å². The summed E-state index contributed by atoms with van der Waals surface area (Å²) in [5, 5.41) is 2.98. The first-order valence-corrected chi connectivity index (χ1v) is 11.7. The summed E-state index contributed by atoms with van der Waals surface area (Å²) in [6.45, 7) is 8.87. The van der Waals surface area contributed by atoms with Crippen molar-refractivity contribution in [2.75, 3.05) is 13.2 Å². The SMILES string of the molecule is CCCCNC(=O)[C@@H](CC)N(Cc1ccccc1C)C(=O)COc1ccc(Br)c(C)c1. The topological polar surface area (TPSA) is 58.6 Å². The second kappa shape index (κ2) is 12.5. The Balaban J connectivity index is 2.20. The van der Waals surface area contributed by atoms with Gasteiger partial charge in [-0.15, -0.1) is 0 Å². The number of halogens is 1. The molecule has 168 valence electrons. The van der Waals surface area contributed by atoms with Gasteiger partial charge in [0, 0.05) is 17.6 Å². The van der Waals surface area contributed by atoms with Gasteiger partial charge in [0.15, 0.2) is 6.61 Å². The highest BCUT2D eigenvalue weighted by molar-refractivity contribution is 9.10. The second-order valence-corrected chi connectivity index (χ2v) is 8.57. The zero-order chi connectivity index (χ0) is 22.8. The first-order valence-electron chi connectivity index (χ1n) is 10.9. The average Bonchev–Trinajstić information content (AvgIpc) is 2.75. The number of carbonyl (C=O) groups is 2. The van der Waals surface area contributed by atoms with E-state index in [2.05, 4.69) is 28.2 Å². The standard InChI is InChI=1S/C25H33BrN2O3/c1-5-7-14-27-25(30)23(6-2)28(16-20-11-9-8-10-18(20)3)24(29)17-31-21-12-13-22(26)19(4)15-21/h8-13,15,23H,5-7,14,16-17H2,1-4H3,(H,27,30)/t23-/m1/s1. The lowest BCUT2D eigenvalue weighted by Crippen LogP contribution is -2.50. The minimum Gasteiger partial charge on any atom is -0.484 e. The first kappa shape index (κ1) is 24.9. The molecule has 0 aromatic heterocycles. The molecule has 0 radical (unpaired) electrons. The number of amides is 2. The van der Waals surface area contributed by atoms with E-state index in [4.69, 9.17) is 4.74 Å². The van der Waals surface area contributed by atoms with E-state index < -0.39 is 6.04 Å². The summed E-state index contributed by atoms with van der Waals surface area (Å²) in [6.07, 6.45) is 2.45. The molecular weight excluding hydrogens is 456 g/mol. The fourth-order valence-electron chi connectivity index (χ4n) is 3.33.